The predicted octanol–water partition coefficient (Wildman–Crippen LogP) is 4.68. The summed E-state index contributed by atoms with van der Waals surface area (Å²) in [5.74, 6) is 0.437. The zero-order valence-corrected chi connectivity index (χ0v) is 15.8. The maximum atomic E-state index is 11.8. The molecule has 4 nitrogen and oxygen atoms in total. The molecule has 0 spiro atoms. The molecule has 0 bridgehead atoms. The molecule has 0 aromatic heterocycles. The number of benzene rings is 1. The van der Waals surface area contributed by atoms with Gasteiger partial charge in [-0.15, -0.1) is 0 Å². The van der Waals surface area contributed by atoms with Crippen LogP contribution < -0.4 is 10.6 Å². The van der Waals surface area contributed by atoms with Crippen molar-refractivity contribution in [2.45, 2.75) is 64.6 Å². The molecular weight excluding hydrogens is 324 g/mol. The molecular formula is C19H29ClN2O2. The number of alkyl carbamates (subject to hydrolysis) is 1. The molecule has 1 aromatic rings. The van der Waals surface area contributed by atoms with Gasteiger partial charge in [-0.25, -0.2) is 4.79 Å². The maximum Gasteiger partial charge on any atom is 0.407 e. The number of ether oxygens (including phenoxy) is 1. The molecule has 1 fully saturated rings. The van der Waals surface area contributed by atoms with Crippen molar-refractivity contribution < 1.29 is 9.53 Å². The average Bonchev–Trinajstić information content (AvgIpc) is 2.91. The molecule has 134 valence electrons. The van der Waals surface area contributed by atoms with Gasteiger partial charge in [-0.3, -0.25) is 0 Å². The second kappa shape index (κ2) is 8.21. The SMILES string of the molecule is C[C@@H](NC1CCCC1CNC(=O)OC(C)(C)C)c1ccc(Cl)cc1. The number of hydrogen-bond acceptors (Lipinski definition) is 3. The molecule has 1 saturated carbocycles. The lowest BCUT2D eigenvalue weighted by Crippen LogP contribution is -2.41. The number of nitrogens with one attached hydrogen (secondary N) is 2. The monoisotopic (exact) mass is 352 g/mol. The Morgan fingerprint density at radius 3 is 2.58 bits per heavy atom. The Bertz CT molecular complexity index is 539. The maximum absolute atomic E-state index is 11.8. The van der Waals surface area contributed by atoms with E-state index in [1.54, 1.807) is 0 Å². The van der Waals surface area contributed by atoms with E-state index in [-0.39, 0.29) is 12.1 Å². The highest BCUT2D eigenvalue weighted by Crippen LogP contribution is 2.28. The lowest BCUT2D eigenvalue weighted by molar-refractivity contribution is 0.0517. The van der Waals surface area contributed by atoms with Crippen LogP contribution in [0, 0.1) is 5.92 Å². The Hall–Kier alpha value is -1.26. The van der Waals surface area contributed by atoms with E-state index in [0.717, 1.165) is 17.9 Å². The molecule has 1 aliphatic carbocycles. The highest BCUT2D eigenvalue weighted by Gasteiger charge is 2.29. The minimum Gasteiger partial charge on any atom is -0.444 e. The number of carbonyl (C=O) groups excluding carboxylic acids is 1. The zero-order chi connectivity index (χ0) is 17.7. The van der Waals surface area contributed by atoms with Crippen LogP contribution in [0.4, 0.5) is 4.79 Å². The third-order valence-electron chi connectivity index (χ3n) is 4.40. The fraction of sp³-hybridized carbons (Fsp3) is 0.632. The van der Waals surface area contributed by atoms with Crippen LogP contribution in [-0.4, -0.2) is 24.3 Å². The predicted molar refractivity (Wildman–Crippen MR) is 98.4 cm³/mol. The van der Waals surface area contributed by atoms with Gasteiger partial charge in [-0.2, -0.15) is 0 Å². The number of rotatable bonds is 5. The molecule has 2 N–H and O–H groups in total. The van der Waals surface area contributed by atoms with Crippen LogP contribution in [0.15, 0.2) is 24.3 Å². The standard InChI is InChI=1S/C19H29ClN2O2/c1-13(14-8-10-16(20)11-9-14)22-17-7-5-6-15(17)12-21-18(23)24-19(2,3)4/h8-11,13,15,17,22H,5-7,12H2,1-4H3,(H,21,23)/t13-,15?,17?/m1/s1. The van der Waals surface area contributed by atoms with Gasteiger partial charge < -0.3 is 15.4 Å². The molecule has 24 heavy (non-hydrogen) atoms. The molecule has 5 heteroatoms. The van der Waals surface area contributed by atoms with E-state index in [2.05, 4.69) is 29.7 Å². The molecule has 1 aliphatic rings. The van der Waals surface area contributed by atoms with Gasteiger partial charge in [-0.05, 0) is 64.2 Å². The molecule has 1 amide bonds. The second-order valence-corrected chi connectivity index (χ2v) is 8.06. The highest BCUT2D eigenvalue weighted by molar-refractivity contribution is 6.30. The van der Waals surface area contributed by atoms with Gasteiger partial charge in [0.15, 0.2) is 0 Å². The van der Waals surface area contributed by atoms with Gasteiger partial charge >= 0.3 is 6.09 Å². The van der Waals surface area contributed by atoms with Gasteiger partial charge in [0.1, 0.15) is 5.60 Å². The van der Waals surface area contributed by atoms with Gasteiger partial charge in [0.2, 0.25) is 0 Å². The van der Waals surface area contributed by atoms with Gasteiger partial charge in [0, 0.05) is 23.7 Å². The van der Waals surface area contributed by atoms with Crippen LogP contribution in [0.5, 0.6) is 0 Å². The van der Waals surface area contributed by atoms with E-state index in [4.69, 9.17) is 16.3 Å². The van der Waals surface area contributed by atoms with Crippen LogP contribution in [0.3, 0.4) is 0 Å². The second-order valence-electron chi connectivity index (χ2n) is 7.62. The Balaban J connectivity index is 1.84. The van der Waals surface area contributed by atoms with Crippen molar-refractivity contribution in [3.05, 3.63) is 34.9 Å². The van der Waals surface area contributed by atoms with Crippen molar-refractivity contribution >= 4 is 17.7 Å². The van der Waals surface area contributed by atoms with Crippen LogP contribution >= 0.6 is 11.6 Å². The minimum atomic E-state index is -0.458. The number of carbonyl (C=O) groups is 1. The van der Waals surface area contributed by atoms with Crippen LogP contribution in [0.2, 0.25) is 5.02 Å². The first kappa shape index (κ1) is 19.1. The topological polar surface area (TPSA) is 50.4 Å². The minimum absolute atomic E-state index is 0.259. The molecule has 0 heterocycles. The summed E-state index contributed by atoms with van der Waals surface area (Å²) < 4.78 is 5.31. The molecule has 3 atom stereocenters. The lowest BCUT2D eigenvalue weighted by Gasteiger charge is -2.26. The van der Waals surface area contributed by atoms with Crippen molar-refractivity contribution in [2.24, 2.45) is 5.92 Å². The summed E-state index contributed by atoms with van der Waals surface area (Å²) in [6.07, 6.45) is 3.12. The summed E-state index contributed by atoms with van der Waals surface area (Å²) in [6, 6.07) is 8.63. The largest absolute Gasteiger partial charge is 0.444 e. The number of halogens is 1. The van der Waals surface area contributed by atoms with Gasteiger partial charge in [-0.1, -0.05) is 30.2 Å². The third kappa shape index (κ3) is 5.99. The molecule has 0 aliphatic heterocycles. The Morgan fingerprint density at radius 1 is 1.29 bits per heavy atom. The van der Waals surface area contributed by atoms with E-state index < -0.39 is 5.60 Å². The summed E-state index contributed by atoms with van der Waals surface area (Å²) in [5, 5.41) is 7.37. The normalized spacial score (nSPS) is 22.2. The molecule has 0 saturated heterocycles. The summed E-state index contributed by atoms with van der Waals surface area (Å²) in [6.45, 7) is 8.45. The van der Waals surface area contributed by atoms with Crippen LogP contribution in [0.25, 0.3) is 0 Å². The smallest absolute Gasteiger partial charge is 0.407 e. The molecule has 2 unspecified atom stereocenters. The first-order chi connectivity index (χ1) is 11.2. The Kier molecular flexibility index (Phi) is 6.53. The third-order valence-corrected chi connectivity index (χ3v) is 4.65. The summed E-state index contributed by atoms with van der Waals surface area (Å²) in [7, 11) is 0. The van der Waals surface area contributed by atoms with Crippen molar-refractivity contribution in [2.75, 3.05) is 6.54 Å². The Labute approximate surface area is 150 Å². The lowest BCUT2D eigenvalue weighted by atomic mass is 10.0. The summed E-state index contributed by atoms with van der Waals surface area (Å²) in [5.41, 5.74) is 0.769. The molecule has 2 rings (SSSR count). The Morgan fingerprint density at radius 2 is 1.96 bits per heavy atom. The van der Waals surface area contributed by atoms with Crippen molar-refractivity contribution in [3.8, 4) is 0 Å². The van der Waals surface area contributed by atoms with Crippen LogP contribution in [0.1, 0.15) is 58.6 Å². The number of hydrogen-bond donors (Lipinski definition) is 2. The fourth-order valence-electron chi connectivity index (χ4n) is 3.20. The van der Waals surface area contributed by atoms with E-state index in [0.29, 0.717) is 18.5 Å². The molecule has 1 aromatic carbocycles. The highest BCUT2D eigenvalue weighted by atomic mass is 35.5. The summed E-state index contributed by atoms with van der Waals surface area (Å²) in [4.78, 5) is 11.8. The number of amides is 1. The van der Waals surface area contributed by atoms with Gasteiger partial charge in [0.25, 0.3) is 0 Å². The molecule has 0 radical (unpaired) electrons. The zero-order valence-electron chi connectivity index (χ0n) is 15.1. The summed E-state index contributed by atoms with van der Waals surface area (Å²) >= 11 is 5.95. The van der Waals surface area contributed by atoms with E-state index in [9.17, 15) is 4.79 Å². The van der Waals surface area contributed by atoms with E-state index >= 15 is 0 Å². The van der Waals surface area contributed by atoms with Crippen molar-refractivity contribution in [1.29, 1.82) is 0 Å². The van der Waals surface area contributed by atoms with E-state index in [1.165, 1.54) is 12.0 Å². The first-order valence-corrected chi connectivity index (χ1v) is 9.11. The van der Waals surface area contributed by atoms with Gasteiger partial charge in [0.05, 0.1) is 0 Å². The van der Waals surface area contributed by atoms with Crippen LogP contribution in [-0.2, 0) is 4.74 Å². The van der Waals surface area contributed by atoms with Crippen molar-refractivity contribution in [1.82, 2.24) is 10.6 Å². The fourth-order valence-corrected chi connectivity index (χ4v) is 3.32. The first-order valence-electron chi connectivity index (χ1n) is 8.73. The average molecular weight is 353 g/mol. The quantitative estimate of drug-likeness (QED) is 0.808. The van der Waals surface area contributed by atoms with E-state index in [1.807, 2.05) is 32.9 Å². The van der Waals surface area contributed by atoms with Crippen molar-refractivity contribution in [3.63, 3.8) is 0 Å².